The third-order valence-corrected chi connectivity index (χ3v) is 2.27. The molecule has 1 nitrogen and oxygen atoms in total. The smallest absolute Gasteiger partial charge is 0.0473 e. The quantitative estimate of drug-likeness (QED) is 0.639. The molecule has 0 aliphatic carbocycles. The van der Waals surface area contributed by atoms with E-state index < -0.39 is 0 Å². The molecule has 0 rings (SSSR count). The van der Waals surface area contributed by atoms with Gasteiger partial charge in [0, 0.05) is 11.7 Å². The molecule has 0 spiro atoms. The third kappa shape index (κ3) is 5.30. The van der Waals surface area contributed by atoms with E-state index in [-0.39, 0.29) is 0 Å². The highest BCUT2D eigenvalue weighted by molar-refractivity contribution is 7.98. The summed E-state index contributed by atoms with van der Waals surface area (Å²) in [5, 5.41) is 3.31. The van der Waals surface area contributed by atoms with Crippen LogP contribution in [0, 0.1) is 0 Å². The van der Waals surface area contributed by atoms with Gasteiger partial charge in [-0.25, -0.2) is 0 Å². The molecule has 0 aromatic carbocycles. The standard InChI is InChI=1S/C10H19NS/c1-8(2)10(6-7-12-5)11-9(3)4/h10-11H,1,3,6-7H2,2,4-5H3. The Morgan fingerprint density at radius 1 is 1.42 bits per heavy atom. The minimum Gasteiger partial charge on any atom is -0.383 e. The first-order valence-corrected chi connectivity index (χ1v) is 5.53. The SMILES string of the molecule is C=C(C)NC(CCSC)C(=C)C. The molecular formula is C10H19NS. The van der Waals surface area contributed by atoms with E-state index in [0.29, 0.717) is 6.04 Å². The van der Waals surface area contributed by atoms with E-state index in [2.05, 4.69) is 31.7 Å². The average Bonchev–Trinajstić information content (AvgIpc) is 1.96. The Morgan fingerprint density at radius 2 is 2.00 bits per heavy atom. The summed E-state index contributed by atoms with van der Waals surface area (Å²) in [6, 6.07) is 0.398. The molecule has 0 amide bonds. The van der Waals surface area contributed by atoms with E-state index in [4.69, 9.17) is 0 Å². The van der Waals surface area contributed by atoms with Gasteiger partial charge in [0.15, 0.2) is 0 Å². The van der Waals surface area contributed by atoms with Crippen LogP contribution < -0.4 is 5.32 Å². The van der Waals surface area contributed by atoms with Gasteiger partial charge in [0.25, 0.3) is 0 Å². The Hall–Kier alpha value is -0.370. The van der Waals surface area contributed by atoms with Gasteiger partial charge < -0.3 is 5.32 Å². The molecular weight excluding hydrogens is 166 g/mol. The van der Waals surface area contributed by atoms with Crippen molar-refractivity contribution >= 4 is 11.8 Å². The van der Waals surface area contributed by atoms with Gasteiger partial charge in [0.05, 0.1) is 0 Å². The normalized spacial score (nSPS) is 12.2. The second-order valence-corrected chi connectivity index (χ2v) is 4.09. The number of thioether (sulfide) groups is 1. The van der Waals surface area contributed by atoms with Crippen LogP contribution in [0.25, 0.3) is 0 Å². The second-order valence-electron chi connectivity index (χ2n) is 3.11. The molecule has 1 atom stereocenters. The van der Waals surface area contributed by atoms with Gasteiger partial charge in [-0.1, -0.05) is 18.7 Å². The van der Waals surface area contributed by atoms with E-state index in [9.17, 15) is 0 Å². The van der Waals surface area contributed by atoms with Crippen LogP contribution >= 0.6 is 11.8 Å². The van der Waals surface area contributed by atoms with E-state index in [1.165, 1.54) is 5.57 Å². The number of allylic oxidation sites excluding steroid dienone is 1. The number of nitrogens with one attached hydrogen (secondary N) is 1. The molecule has 0 radical (unpaired) electrons. The van der Waals surface area contributed by atoms with Crippen LogP contribution in [-0.4, -0.2) is 18.1 Å². The van der Waals surface area contributed by atoms with Crippen LogP contribution in [0.2, 0.25) is 0 Å². The van der Waals surface area contributed by atoms with Crippen molar-refractivity contribution in [3.05, 3.63) is 24.4 Å². The predicted octanol–water partition coefficient (Wildman–Crippen LogP) is 2.81. The maximum atomic E-state index is 3.95. The van der Waals surface area contributed by atoms with Crippen molar-refractivity contribution in [1.29, 1.82) is 0 Å². The molecule has 1 unspecified atom stereocenters. The van der Waals surface area contributed by atoms with Crippen molar-refractivity contribution in [2.24, 2.45) is 0 Å². The Labute approximate surface area is 80.3 Å². The molecule has 0 aliphatic heterocycles. The van der Waals surface area contributed by atoms with Crippen molar-refractivity contribution in [2.45, 2.75) is 26.3 Å². The summed E-state index contributed by atoms with van der Waals surface area (Å²) in [6.45, 7) is 11.8. The van der Waals surface area contributed by atoms with E-state index in [0.717, 1.165) is 17.9 Å². The fraction of sp³-hybridized carbons (Fsp3) is 0.600. The van der Waals surface area contributed by atoms with Gasteiger partial charge in [-0.2, -0.15) is 11.8 Å². The van der Waals surface area contributed by atoms with Gasteiger partial charge in [-0.3, -0.25) is 0 Å². The summed E-state index contributed by atoms with van der Waals surface area (Å²) in [6.07, 6.45) is 3.25. The zero-order valence-electron chi connectivity index (χ0n) is 8.31. The first-order chi connectivity index (χ1) is 5.57. The van der Waals surface area contributed by atoms with Gasteiger partial charge >= 0.3 is 0 Å². The van der Waals surface area contributed by atoms with E-state index >= 15 is 0 Å². The van der Waals surface area contributed by atoms with Crippen molar-refractivity contribution in [1.82, 2.24) is 5.32 Å². The van der Waals surface area contributed by atoms with E-state index in [1.54, 1.807) is 0 Å². The summed E-state index contributed by atoms with van der Waals surface area (Å²) < 4.78 is 0. The van der Waals surface area contributed by atoms with Crippen molar-refractivity contribution in [3.8, 4) is 0 Å². The van der Waals surface area contributed by atoms with E-state index in [1.807, 2.05) is 18.7 Å². The molecule has 0 bridgehead atoms. The lowest BCUT2D eigenvalue weighted by Crippen LogP contribution is -2.28. The summed E-state index contributed by atoms with van der Waals surface area (Å²) in [4.78, 5) is 0. The third-order valence-electron chi connectivity index (χ3n) is 1.63. The summed E-state index contributed by atoms with van der Waals surface area (Å²) >= 11 is 1.86. The molecule has 0 fully saturated rings. The monoisotopic (exact) mass is 185 g/mol. The molecule has 0 aromatic rings. The molecule has 0 aromatic heterocycles. The summed E-state index contributed by atoms with van der Waals surface area (Å²) in [5.74, 6) is 1.16. The van der Waals surface area contributed by atoms with Crippen LogP contribution in [-0.2, 0) is 0 Å². The fourth-order valence-electron chi connectivity index (χ4n) is 0.975. The average molecular weight is 185 g/mol. The minimum atomic E-state index is 0.398. The van der Waals surface area contributed by atoms with Crippen LogP contribution in [0.15, 0.2) is 24.4 Å². The maximum Gasteiger partial charge on any atom is 0.0473 e. The van der Waals surface area contributed by atoms with Crippen LogP contribution in [0.3, 0.4) is 0 Å². The van der Waals surface area contributed by atoms with Crippen molar-refractivity contribution < 1.29 is 0 Å². The lowest BCUT2D eigenvalue weighted by atomic mass is 10.1. The van der Waals surface area contributed by atoms with Crippen molar-refractivity contribution in [2.75, 3.05) is 12.0 Å². The highest BCUT2D eigenvalue weighted by atomic mass is 32.2. The zero-order chi connectivity index (χ0) is 9.56. The van der Waals surface area contributed by atoms with Gasteiger partial charge in [-0.15, -0.1) is 0 Å². The highest BCUT2D eigenvalue weighted by Gasteiger charge is 2.06. The Kier molecular flexibility index (Phi) is 5.99. The molecule has 12 heavy (non-hydrogen) atoms. The summed E-state index contributed by atoms with van der Waals surface area (Å²) in [7, 11) is 0. The fourth-order valence-corrected chi connectivity index (χ4v) is 1.45. The predicted molar refractivity (Wildman–Crippen MR) is 59.6 cm³/mol. The second kappa shape index (κ2) is 6.18. The molecule has 0 aliphatic rings. The van der Waals surface area contributed by atoms with Gasteiger partial charge in [0.2, 0.25) is 0 Å². The van der Waals surface area contributed by atoms with Crippen molar-refractivity contribution in [3.63, 3.8) is 0 Å². The maximum absolute atomic E-state index is 3.95. The van der Waals surface area contributed by atoms with Crippen LogP contribution in [0.4, 0.5) is 0 Å². The molecule has 0 saturated heterocycles. The minimum absolute atomic E-state index is 0.398. The molecule has 0 saturated carbocycles. The largest absolute Gasteiger partial charge is 0.383 e. The number of hydrogen-bond acceptors (Lipinski definition) is 2. The summed E-state index contributed by atoms with van der Waals surface area (Å²) in [5.41, 5.74) is 2.20. The topological polar surface area (TPSA) is 12.0 Å². The van der Waals surface area contributed by atoms with Crippen LogP contribution in [0.5, 0.6) is 0 Å². The lowest BCUT2D eigenvalue weighted by Gasteiger charge is -2.19. The van der Waals surface area contributed by atoms with Gasteiger partial charge in [0.1, 0.15) is 0 Å². The highest BCUT2D eigenvalue weighted by Crippen LogP contribution is 2.08. The Balaban J connectivity index is 3.87. The number of rotatable bonds is 6. The molecule has 70 valence electrons. The van der Waals surface area contributed by atoms with Crippen LogP contribution in [0.1, 0.15) is 20.3 Å². The Morgan fingerprint density at radius 3 is 2.33 bits per heavy atom. The molecule has 2 heteroatoms. The van der Waals surface area contributed by atoms with Gasteiger partial charge in [-0.05, 0) is 32.3 Å². The molecule has 1 N–H and O–H groups in total. The lowest BCUT2D eigenvalue weighted by molar-refractivity contribution is 0.626. The first-order valence-electron chi connectivity index (χ1n) is 4.14. The zero-order valence-corrected chi connectivity index (χ0v) is 9.13. The first kappa shape index (κ1) is 11.6. The number of hydrogen-bond donors (Lipinski definition) is 1. The Bertz CT molecular complexity index is 163. The molecule has 0 heterocycles.